The van der Waals surface area contributed by atoms with Crippen LogP contribution >= 0.6 is 8.73 Å². The highest BCUT2D eigenvalue weighted by Gasteiger charge is 2.20. The van der Waals surface area contributed by atoms with Gasteiger partial charge in [0.15, 0.2) is 0 Å². The van der Waals surface area contributed by atoms with Crippen molar-refractivity contribution < 1.29 is 0 Å². The first-order valence-corrected chi connectivity index (χ1v) is 12.0. The average Bonchev–Trinajstić information content (AvgIpc) is 3.02. The predicted octanol–water partition coefficient (Wildman–Crippen LogP) is 7.14. The second-order valence-corrected chi connectivity index (χ2v) is 8.76. The van der Waals surface area contributed by atoms with Crippen LogP contribution in [0.2, 0.25) is 0 Å². The van der Waals surface area contributed by atoms with E-state index in [-0.39, 0.29) is 0 Å². The number of nitrogens with zero attached hydrogens (tertiary/aromatic N) is 2. The second-order valence-electron chi connectivity index (χ2n) is 7.58. The summed E-state index contributed by atoms with van der Waals surface area (Å²) in [5.41, 5.74) is 1.44. The summed E-state index contributed by atoms with van der Waals surface area (Å²) in [6.07, 6.45) is 20.4. The van der Waals surface area contributed by atoms with Gasteiger partial charge in [-0.25, -0.2) is 0 Å². The van der Waals surface area contributed by atoms with E-state index in [1.165, 1.54) is 76.3 Å². The van der Waals surface area contributed by atoms with Crippen LogP contribution in [-0.4, -0.2) is 22.3 Å². The van der Waals surface area contributed by atoms with E-state index in [0.29, 0.717) is 6.17 Å². The molecule has 0 saturated carbocycles. The standard InChI is InChI=1S/C23H39N2P/c1-3-4-5-6-7-8-9-10-11-15-18-24-19-20-25(22(24)2)26-21-23-16-13-12-14-17-23/h12-14,16-17,19-20,22,26H,3-11,15,18,21H2,1-2H3. The first-order chi connectivity index (χ1) is 12.8. The Morgan fingerprint density at radius 3 is 2.08 bits per heavy atom. The molecule has 2 atom stereocenters. The normalized spacial score (nSPS) is 17.1. The minimum Gasteiger partial charge on any atom is -0.356 e. The zero-order valence-electron chi connectivity index (χ0n) is 17.0. The van der Waals surface area contributed by atoms with Crippen LogP contribution in [0.4, 0.5) is 0 Å². The third kappa shape index (κ3) is 8.12. The molecule has 0 N–H and O–H groups in total. The van der Waals surface area contributed by atoms with Crippen LogP contribution < -0.4 is 0 Å². The summed E-state index contributed by atoms with van der Waals surface area (Å²) in [5, 5.41) is 0. The van der Waals surface area contributed by atoms with Crippen molar-refractivity contribution >= 4 is 8.73 Å². The Morgan fingerprint density at radius 2 is 1.42 bits per heavy atom. The van der Waals surface area contributed by atoms with Crippen LogP contribution in [-0.2, 0) is 6.16 Å². The third-order valence-corrected chi connectivity index (χ3v) is 6.83. The van der Waals surface area contributed by atoms with Crippen molar-refractivity contribution in [2.24, 2.45) is 0 Å². The fourth-order valence-electron chi connectivity index (χ4n) is 3.57. The molecular weight excluding hydrogens is 335 g/mol. The highest BCUT2D eigenvalue weighted by Crippen LogP contribution is 2.31. The molecule has 146 valence electrons. The number of benzene rings is 1. The van der Waals surface area contributed by atoms with Crippen LogP contribution in [0.3, 0.4) is 0 Å². The quantitative estimate of drug-likeness (QED) is 0.252. The van der Waals surface area contributed by atoms with Crippen molar-refractivity contribution in [3.8, 4) is 0 Å². The molecule has 0 aliphatic carbocycles. The molecule has 2 nitrogen and oxygen atoms in total. The molecule has 0 fully saturated rings. The maximum absolute atomic E-state index is 2.52. The van der Waals surface area contributed by atoms with Gasteiger partial charge in [0.2, 0.25) is 0 Å². The molecule has 0 saturated heterocycles. The molecule has 1 heterocycles. The lowest BCUT2D eigenvalue weighted by molar-refractivity contribution is 0.237. The Labute approximate surface area is 163 Å². The lowest BCUT2D eigenvalue weighted by atomic mass is 10.1. The molecular formula is C23H39N2P. The van der Waals surface area contributed by atoms with Crippen LogP contribution in [0.1, 0.15) is 83.6 Å². The van der Waals surface area contributed by atoms with Gasteiger partial charge in [0, 0.05) is 25.1 Å². The summed E-state index contributed by atoms with van der Waals surface area (Å²) in [6.45, 7) is 5.84. The van der Waals surface area contributed by atoms with Gasteiger partial charge in [-0.3, -0.25) is 0 Å². The topological polar surface area (TPSA) is 6.48 Å². The molecule has 2 rings (SSSR count). The van der Waals surface area contributed by atoms with Crippen molar-refractivity contribution in [1.82, 2.24) is 9.57 Å². The molecule has 1 aromatic rings. The monoisotopic (exact) mass is 374 g/mol. The van der Waals surface area contributed by atoms with Crippen molar-refractivity contribution in [2.75, 3.05) is 6.54 Å². The van der Waals surface area contributed by atoms with E-state index >= 15 is 0 Å². The van der Waals surface area contributed by atoms with Gasteiger partial charge < -0.3 is 9.57 Å². The predicted molar refractivity (Wildman–Crippen MR) is 117 cm³/mol. The van der Waals surface area contributed by atoms with Crippen molar-refractivity contribution in [3.05, 3.63) is 48.3 Å². The smallest absolute Gasteiger partial charge is 0.101 e. The zero-order chi connectivity index (χ0) is 18.5. The molecule has 0 spiro atoms. The van der Waals surface area contributed by atoms with E-state index in [0.717, 1.165) is 14.9 Å². The van der Waals surface area contributed by atoms with Crippen LogP contribution in [0.15, 0.2) is 42.7 Å². The van der Waals surface area contributed by atoms with Gasteiger partial charge in [0.05, 0.1) is 0 Å². The van der Waals surface area contributed by atoms with Crippen molar-refractivity contribution in [3.63, 3.8) is 0 Å². The van der Waals surface area contributed by atoms with Gasteiger partial charge in [-0.2, -0.15) is 0 Å². The zero-order valence-corrected chi connectivity index (χ0v) is 18.0. The summed E-state index contributed by atoms with van der Waals surface area (Å²) in [4.78, 5) is 2.52. The Hall–Kier alpha value is -1.01. The summed E-state index contributed by atoms with van der Waals surface area (Å²) >= 11 is 0. The van der Waals surface area contributed by atoms with E-state index < -0.39 is 0 Å². The Balaban J connectivity index is 1.48. The largest absolute Gasteiger partial charge is 0.356 e. The molecule has 1 aliphatic heterocycles. The van der Waals surface area contributed by atoms with Gasteiger partial charge in [-0.1, -0.05) is 95.0 Å². The number of rotatable bonds is 14. The lowest BCUT2D eigenvalue weighted by Gasteiger charge is -2.29. The van der Waals surface area contributed by atoms with Gasteiger partial charge in [-0.15, -0.1) is 0 Å². The van der Waals surface area contributed by atoms with E-state index in [2.05, 4.69) is 66.1 Å². The highest BCUT2D eigenvalue weighted by molar-refractivity contribution is 7.34. The molecule has 0 amide bonds. The molecule has 0 radical (unpaired) electrons. The van der Waals surface area contributed by atoms with Gasteiger partial charge in [0.25, 0.3) is 0 Å². The Bertz CT molecular complexity index is 488. The van der Waals surface area contributed by atoms with E-state index in [4.69, 9.17) is 0 Å². The average molecular weight is 375 g/mol. The molecule has 26 heavy (non-hydrogen) atoms. The first-order valence-electron chi connectivity index (χ1n) is 10.8. The van der Waals surface area contributed by atoms with E-state index in [1.807, 2.05) is 0 Å². The van der Waals surface area contributed by atoms with Crippen LogP contribution in [0.5, 0.6) is 0 Å². The van der Waals surface area contributed by atoms with Crippen LogP contribution in [0, 0.1) is 0 Å². The molecule has 0 aromatic heterocycles. The fourth-order valence-corrected chi connectivity index (χ4v) is 4.76. The molecule has 1 aliphatic rings. The van der Waals surface area contributed by atoms with Crippen LogP contribution in [0.25, 0.3) is 0 Å². The highest BCUT2D eigenvalue weighted by atomic mass is 31.1. The summed E-state index contributed by atoms with van der Waals surface area (Å²) in [6, 6.07) is 10.8. The third-order valence-electron chi connectivity index (χ3n) is 5.38. The maximum atomic E-state index is 2.52. The summed E-state index contributed by atoms with van der Waals surface area (Å²) in [5.74, 6) is 0. The van der Waals surface area contributed by atoms with Gasteiger partial charge in [0.1, 0.15) is 6.17 Å². The van der Waals surface area contributed by atoms with Crippen molar-refractivity contribution in [2.45, 2.75) is 90.4 Å². The molecule has 2 unspecified atom stereocenters. The van der Waals surface area contributed by atoms with Gasteiger partial charge in [-0.05, 0) is 27.6 Å². The molecule has 1 aromatic carbocycles. The van der Waals surface area contributed by atoms with Crippen molar-refractivity contribution in [1.29, 1.82) is 0 Å². The molecule has 3 heteroatoms. The minimum absolute atomic E-state index is 0.524. The molecule has 0 bridgehead atoms. The Kier molecular flexibility index (Phi) is 10.8. The minimum atomic E-state index is 0.524. The van der Waals surface area contributed by atoms with Gasteiger partial charge >= 0.3 is 0 Å². The summed E-state index contributed by atoms with van der Waals surface area (Å²) in [7, 11) is 0.839. The van der Waals surface area contributed by atoms with E-state index in [9.17, 15) is 0 Å². The first kappa shape index (κ1) is 21.3. The SMILES string of the molecule is CCCCCCCCCCCCN1C=CN(PCc2ccccc2)C1C. The maximum Gasteiger partial charge on any atom is 0.101 e. The second kappa shape index (κ2) is 13.2. The fraction of sp³-hybridized carbons (Fsp3) is 0.652. The van der Waals surface area contributed by atoms with E-state index in [1.54, 1.807) is 0 Å². The summed E-state index contributed by atoms with van der Waals surface area (Å²) < 4.78 is 2.50. The number of hydrogen-bond donors (Lipinski definition) is 0. The lowest BCUT2D eigenvalue weighted by Crippen LogP contribution is -2.32. The number of hydrogen-bond acceptors (Lipinski definition) is 2. The number of unbranched alkanes of at least 4 members (excludes halogenated alkanes) is 9. The Morgan fingerprint density at radius 1 is 0.808 bits per heavy atom.